The van der Waals surface area contributed by atoms with E-state index in [9.17, 15) is 18.0 Å². The van der Waals surface area contributed by atoms with E-state index in [1.165, 1.54) is 31.2 Å². The summed E-state index contributed by atoms with van der Waals surface area (Å²) < 4.78 is 43.1. The average Bonchev–Trinajstić information content (AvgIpc) is 2.83. The van der Waals surface area contributed by atoms with Gasteiger partial charge in [-0.3, -0.25) is 4.79 Å². The lowest BCUT2D eigenvalue weighted by Gasteiger charge is -2.20. The van der Waals surface area contributed by atoms with E-state index in [0.29, 0.717) is 10.6 Å². The average molecular weight is 333 g/mol. The summed E-state index contributed by atoms with van der Waals surface area (Å²) in [6.07, 6.45) is -4.57. The molecule has 1 aromatic carbocycles. The van der Waals surface area contributed by atoms with Crippen LogP contribution in [0, 0.1) is 6.92 Å². The normalized spacial score (nSPS) is 13.0. The lowest BCUT2D eigenvalue weighted by molar-refractivity contribution is -0.139. The van der Waals surface area contributed by atoms with E-state index in [0.717, 1.165) is 6.39 Å². The Balaban J connectivity index is 2.23. The fourth-order valence-electron chi connectivity index (χ4n) is 1.93. The number of carbonyl (C=O) groups excluding carboxylic acids is 1. The van der Waals surface area contributed by atoms with Gasteiger partial charge in [0.2, 0.25) is 0 Å². The predicted octanol–water partition coefficient (Wildman–Crippen LogP) is 4.06. The maximum Gasteiger partial charge on any atom is 0.391 e. The molecular weight excluding hydrogens is 321 g/mol. The van der Waals surface area contributed by atoms with Crippen molar-refractivity contribution in [2.45, 2.75) is 25.6 Å². The summed E-state index contributed by atoms with van der Waals surface area (Å²) in [6, 6.07) is 4.58. The molecule has 1 heterocycles. The van der Waals surface area contributed by atoms with Gasteiger partial charge in [-0.25, -0.2) is 4.98 Å². The second kappa shape index (κ2) is 6.39. The Hall–Kier alpha value is -2.02. The lowest BCUT2D eigenvalue weighted by atomic mass is 10.0. The van der Waals surface area contributed by atoms with Crippen molar-refractivity contribution in [2.24, 2.45) is 0 Å². The standard InChI is InChI=1S/C14H12ClF3N2O2/c1-8-12(19-7-22-8)13(21)20-11(6-14(16,17)18)9-2-4-10(15)5-3-9/h2-5,7,11H,6H2,1H3,(H,20,21)/t11-/m1/s1. The van der Waals surface area contributed by atoms with Crippen molar-refractivity contribution in [3.05, 3.63) is 52.7 Å². The molecule has 1 N–H and O–H groups in total. The molecule has 118 valence electrons. The Morgan fingerprint density at radius 2 is 2.00 bits per heavy atom. The fraction of sp³-hybridized carbons (Fsp3) is 0.286. The molecule has 0 aliphatic heterocycles. The Morgan fingerprint density at radius 1 is 1.36 bits per heavy atom. The number of rotatable bonds is 4. The number of aryl methyl sites for hydroxylation is 1. The summed E-state index contributed by atoms with van der Waals surface area (Å²) >= 11 is 5.73. The Bertz CT molecular complexity index is 653. The third-order valence-electron chi connectivity index (χ3n) is 2.97. The number of alkyl halides is 3. The first-order valence-corrected chi connectivity index (χ1v) is 6.67. The van der Waals surface area contributed by atoms with Gasteiger partial charge in [0.1, 0.15) is 5.76 Å². The number of nitrogens with zero attached hydrogens (tertiary/aromatic N) is 1. The van der Waals surface area contributed by atoms with E-state index >= 15 is 0 Å². The zero-order valence-electron chi connectivity index (χ0n) is 11.4. The monoisotopic (exact) mass is 332 g/mol. The van der Waals surface area contributed by atoms with Gasteiger partial charge in [-0.15, -0.1) is 0 Å². The van der Waals surface area contributed by atoms with Crippen LogP contribution in [0.1, 0.15) is 34.3 Å². The first kappa shape index (κ1) is 16.4. The third-order valence-corrected chi connectivity index (χ3v) is 3.23. The topological polar surface area (TPSA) is 55.1 Å². The van der Waals surface area contributed by atoms with E-state index < -0.39 is 24.5 Å². The molecule has 0 fully saturated rings. The van der Waals surface area contributed by atoms with Crippen LogP contribution in [-0.2, 0) is 0 Å². The van der Waals surface area contributed by atoms with E-state index in [2.05, 4.69) is 10.3 Å². The highest BCUT2D eigenvalue weighted by molar-refractivity contribution is 6.30. The van der Waals surface area contributed by atoms with Crippen LogP contribution < -0.4 is 5.32 Å². The highest BCUT2D eigenvalue weighted by Crippen LogP contribution is 2.30. The highest BCUT2D eigenvalue weighted by Gasteiger charge is 2.34. The SMILES string of the molecule is Cc1ocnc1C(=O)N[C@H](CC(F)(F)F)c1ccc(Cl)cc1. The molecule has 0 unspecified atom stereocenters. The second-order valence-electron chi connectivity index (χ2n) is 4.65. The number of benzene rings is 1. The summed E-state index contributed by atoms with van der Waals surface area (Å²) in [5.74, 6) is -0.491. The number of hydrogen-bond donors (Lipinski definition) is 1. The van der Waals surface area contributed by atoms with Crippen LogP contribution >= 0.6 is 11.6 Å². The Labute approximate surface area is 129 Å². The Morgan fingerprint density at radius 3 is 2.50 bits per heavy atom. The molecule has 0 saturated carbocycles. The van der Waals surface area contributed by atoms with Crippen molar-refractivity contribution in [1.29, 1.82) is 0 Å². The van der Waals surface area contributed by atoms with E-state index in [-0.39, 0.29) is 11.5 Å². The molecule has 2 rings (SSSR count). The maximum absolute atomic E-state index is 12.7. The molecule has 4 nitrogen and oxygen atoms in total. The van der Waals surface area contributed by atoms with Gasteiger partial charge >= 0.3 is 6.18 Å². The van der Waals surface area contributed by atoms with Crippen molar-refractivity contribution in [1.82, 2.24) is 10.3 Å². The van der Waals surface area contributed by atoms with Gasteiger partial charge in [-0.05, 0) is 24.6 Å². The molecule has 22 heavy (non-hydrogen) atoms. The van der Waals surface area contributed by atoms with Crippen LogP contribution in [-0.4, -0.2) is 17.1 Å². The summed E-state index contributed by atoms with van der Waals surface area (Å²) in [6.45, 7) is 1.50. The number of oxazole rings is 1. The number of hydrogen-bond acceptors (Lipinski definition) is 3. The van der Waals surface area contributed by atoms with Crippen LogP contribution in [0.25, 0.3) is 0 Å². The molecule has 0 radical (unpaired) electrons. The van der Waals surface area contributed by atoms with E-state index in [1.807, 2.05) is 0 Å². The number of carbonyl (C=O) groups is 1. The van der Waals surface area contributed by atoms with Crippen molar-refractivity contribution >= 4 is 17.5 Å². The quantitative estimate of drug-likeness (QED) is 0.918. The van der Waals surface area contributed by atoms with Gasteiger partial charge in [0.05, 0.1) is 12.5 Å². The molecule has 1 amide bonds. The predicted molar refractivity (Wildman–Crippen MR) is 73.6 cm³/mol. The number of halogens is 4. The highest BCUT2D eigenvalue weighted by atomic mass is 35.5. The minimum absolute atomic E-state index is 0.0406. The molecule has 1 atom stereocenters. The van der Waals surface area contributed by atoms with E-state index in [1.54, 1.807) is 0 Å². The first-order chi connectivity index (χ1) is 10.3. The first-order valence-electron chi connectivity index (χ1n) is 6.29. The van der Waals surface area contributed by atoms with Crippen LogP contribution in [0.2, 0.25) is 5.02 Å². The maximum atomic E-state index is 12.7. The van der Waals surface area contributed by atoms with Crippen molar-refractivity contribution in [3.63, 3.8) is 0 Å². The minimum atomic E-state index is -4.43. The zero-order chi connectivity index (χ0) is 16.3. The number of nitrogens with one attached hydrogen (secondary N) is 1. The molecule has 0 aliphatic rings. The van der Waals surface area contributed by atoms with E-state index in [4.69, 9.17) is 16.0 Å². The van der Waals surface area contributed by atoms with Crippen LogP contribution in [0.15, 0.2) is 35.1 Å². The summed E-state index contributed by atoms with van der Waals surface area (Å²) in [5, 5.41) is 2.72. The largest absolute Gasteiger partial charge is 0.448 e. The summed E-state index contributed by atoms with van der Waals surface area (Å²) in [7, 11) is 0. The van der Waals surface area contributed by atoms with Gasteiger partial charge < -0.3 is 9.73 Å². The molecular formula is C14H12ClF3N2O2. The van der Waals surface area contributed by atoms with Gasteiger partial charge in [-0.1, -0.05) is 23.7 Å². The second-order valence-corrected chi connectivity index (χ2v) is 5.09. The smallest absolute Gasteiger partial charge is 0.391 e. The van der Waals surface area contributed by atoms with Crippen LogP contribution in [0.5, 0.6) is 0 Å². The van der Waals surface area contributed by atoms with Gasteiger partial charge in [0.25, 0.3) is 5.91 Å². The van der Waals surface area contributed by atoms with Crippen molar-refractivity contribution < 1.29 is 22.4 Å². The van der Waals surface area contributed by atoms with Crippen molar-refractivity contribution in [3.8, 4) is 0 Å². The molecule has 0 aliphatic carbocycles. The molecule has 2 aromatic rings. The lowest BCUT2D eigenvalue weighted by Crippen LogP contribution is -2.32. The molecule has 1 aromatic heterocycles. The summed E-state index contributed by atoms with van der Waals surface area (Å²) in [4.78, 5) is 15.7. The molecule has 0 spiro atoms. The van der Waals surface area contributed by atoms with Gasteiger partial charge in [0, 0.05) is 5.02 Å². The minimum Gasteiger partial charge on any atom is -0.448 e. The zero-order valence-corrected chi connectivity index (χ0v) is 12.2. The fourth-order valence-corrected chi connectivity index (χ4v) is 2.05. The van der Waals surface area contributed by atoms with Crippen molar-refractivity contribution in [2.75, 3.05) is 0 Å². The van der Waals surface area contributed by atoms with Gasteiger partial charge in [0.15, 0.2) is 12.1 Å². The molecule has 0 bridgehead atoms. The van der Waals surface area contributed by atoms with Gasteiger partial charge in [-0.2, -0.15) is 13.2 Å². The summed E-state index contributed by atoms with van der Waals surface area (Å²) in [5.41, 5.74) is 0.261. The number of aromatic nitrogens is 1. The third kappa shape index (κ3) is 4.24. The number of amides is 1. The Kier molecular flexibility index (Phi) is 4.75. The molecule has 8 heteroatoms. The molecule has 0 saturated heterocycles. The van der Waals surface area contributed by atoms with Crippen LogP contribution in [0.4, 0.5) is 13.2 Å². The van der Waals surface area contributed by atoms with Crippen LogP contribution in [0.3, 0.4) is 0 Å².